The van der Waals surface area contributed by atoms with Crippen molar-refractivity contribution in [2.45, 2.75) is 104 Å². The Morgan fingerprint density at radius 3 is 1.70 bits per heavy atom. The molecule has 1 aromatic rings. The molecular weight excluding hydrogens is 374 g/mol. The van der Waals surface area contributed by atoms with Crippen LogP contribution in [0.15, 0.2) is 12.1 Å². The molecular formula is C28H40F2. The zero-order valence-electron chi connectivity index (χ0n) is 19.1. The lowest BCUT2D eigenvalue weighted by molar-refractivity contribution is 0.252. The summed E-state index contributed by atoms with van der Waals surface area (Å²) in [6.45, 7) is 4.50. The van der Waals surface area contributed by atoms with Gasteiger partial charge >= 0.3 is 0 Å². The first-order valence-electron chi connectivity index (χ1n) is 12.6. The van der Waals surface area contributed by atoms with Gasteiger partial charge in [0.05, 0.1) is 5.56 Å². The molecule has 0 aliphatic heterocycles. The zero-order valence-corrected chi connectivity index (χ0v) is 19.1. The second-order valence-electron chi connectivity index (χ2n) is 9.92. The maximum atomic E-state index is 14.6. The van der Waals surface area contributed by atoms with Gasteiger partial charge in [0.2, 0.25) is 0 Å². The Morgan fingerprint density at radius 1 is 0.733 bits per heavy atom. The van der Waals surface area contributed by atoms with E-state index in [4.69, 9.17) is 0 Å². The van der Waals surface area contributed by atoms with Gasteiger partial charge in [0.1, 0.15) is 11.6 Å². The van der Waals surface area contributed by atoms with E-state index in [-0.39, 0.29) is 5.56 Å². The molecule has 0 amide bonds. The monoisotopic (exact) mass is 414 g/mol. The van der Waals surface area contributed by atoms with E-state index >= 15 is 0 Å². The SMILES string of the molecule is CCCC1CCC(C#Cc2c(F)cc(CC[C@H]3CC[C@H](CCC)CC3)cc2F)CC1. The van der Waals surface area contributed by atoms with Gasteiger partial charge in [-0.3, -0.25) is 0 Å². The third-order valence-electron chi connectivity index (χ3n) is 7.55. The Hall–Kier alpha value is -1.36. The van der Waals surface area contributed by atoms with Crippen molar-refractivity contribution in [3.8, 4) is 11.8 Å². The van der Waals surface area contributed by atoms with Crippen LogP contribution in [-0.2, 0) is 6.42 Å². The molecule has 0 aromatic heterocycles. The van der Waals surface area contributed by atoms with E-state index in [1.165, 1.54) is 76.3 Å². The molecule has 2 saturated carbocycles. The third-order valence-corrected chi connectivity index (χ3v) is 7.55. The lowest BCUT2D eigenvalue weighted by atomic mass is 9.78. The van der Waals surface area contributed by atoms with E-state index in [9.17, 15) is 8.78 Å². The highest BCUT2D eigenvalue weighted by atomic mass is 19.1. The maximum Gasteiger partial charge on any atom is 0.142 e. The Morgan fingerprint density at radius 2 is 1.20 bits per heavy atom. The van der Waals surface area contributed by atoms with Crippen LogP contribution >= 0.6 is 0 Å². The Kier molecular flexibility index (Phi) is 9.23. The van der Waals surface area contributed by atoms with Crippen molar-refractivity contribution in [2.75, 3.05) is 0 Å². The molecule has 0 nitrogen and oxygen atoms in total. The van der Waals surface area contributed by atoms with Gasteiger partial charge in [-0.1, -0.05) is 77.1 Å². The standard InChI is InChI=1S/C28H40F2/c1-3-5-21-7-11-23(12-8-21)15-16-25-19-27(29)26(28(30)20-25)18-17-24-13-9-22(6-4-2)10-14-24/h19-24H,3-16H2,1-2H3/t21-,22?,23-,24?. The minimum absolute atomic E-state index is 0.0329. The van der Waals surface area contributed by atoms with Crippen LogP contribution in [0.1, 0.15) is 108 Å². The number of aryl methyl sites for hydroxylation is 1. The lowest BCUT2D eigenvalue weighted by Gasteiger charge is -2.28. The van der Waals surface area contributed by atoms with Crippen molar-refractivity contribution in [1.29, 1.82) is 0 Å². The van der Waals surface area contributed by atoms with Gasteiger partial charge in [-0.05, 0) is 74.0 Å². The molecule has 2 aliphatic rings. The van der Waals surface area contributed by atoms with Gasteiger partial charge in [-0.15, -0.1) is 0 Å². The molecule has 0 N–H and O–H groups in total. The normalized spacial score (nSPS) is 26.8. The second-order valence-corrected chi connectivity index (χ2v) is 9.92. The Balaban J connectivity index is 1.51. The van der Waals surface area contributed by atoms with Crippen LogP contribution in [0.3, 0.4) is 0 Å². The Labute approximate surface area is 183 Å². The minimum atomic E-state index is -0.483. The summed E-state index contributed by atoms with van der Waals surface area (Å²) in [6, 6.07) is 3.04. The number of benzene rings is 1. The van der Waals surface area contributed by atoms with Crippen molar-refractivity contribution in [1.82, 2.24) is 0 Å². The Bertz CT molecular complexity index is 687. The number of hydrogen-bond donors (Lipinski definition) is 0. The van der Waals surface area contributed by atoms with Crippen LogP contribution in [0.5, 0.6) is 0 Å². The summed E-state index contributed by atoms with van der Waals surface area (Å²) in [5.74, 6) is 7.78. The predicted octanol–water partition coefficient (Wildman–Crippen LogP) is 8.46. The van der Waals surface area contributed by atoms with E-state index in [0.29, 0.717) is 11.8 Å². The summed E-state index contributed by atoms with van der Waals surface area (Å²) in [7, 11) is 0. The molecule has 0 heterocycles. The third kappa shape index (κ3) is 6.83. The van der Waals surface area contributed by atoms with Crippen LogP contribution in [0.4, 0.5) is 8.78 Å². The molecule has 2 heteroatoms. The van der Waals surface area contributed by atoms with Crippen LogP contribution in [-0.4, -0.2) is 0 Å². The molecule has 0 unspecified atom stereocenters. The summed E-state index contributed by atoms with van der Waals surface area (Å²) in [5.41, 5.74) is 0.751. The molecule has 0 atom stereocenters. The molecule has 3 rings (SSSR count). The number of rotatable bonds is 7. The van der Waals surface area contributed by atoms with Gasteiger partial charge in [0.15, 0.2) is 0 Å². The van der Waals surface area contributed by atoms with Gasteiger partial charge < -0.3 is 0 Å². The first kappa shape index (κ1) is 23.3. The largest absolute Gasteiger partial charge is 0.206 e. The molecule has 166 valence electrons. The molecule has 0 saturated heterocycles. The molecule has 2 fully saturated rings. The topological polar surface area (TPSA) is 0 Å². The van der Waals surface area contributed by atoms with Gasteiger partial charge in [0, 0.05) is 5.92 Å². The molecule has 1 aromatic carbocycles. The van der Waals surface area contributed by atoms with Crippen LogP contribution < -0.4 is 0 Å². The number of halogens is 2. The van der Waals surface area contributed by atoms with E-state index in [1.54, 1.807) is 0 Å². The second kappa shape index (κ2) is 11.9. The maximum absolute atomic E-state index is 14.6. The molecule has 0 radical (unpaired) electrons. The summed E-state index contributed by atoms with van der Waals surface area (Å²) < 4.78 is 29.2. The van der Waals surface area contributed by atoms with Gasteiger partial charge in [-0.2, -0.15) is 0 Å². The van der Waals surface area contributed by atoms with E-state index < -0.39 is 11.6 Å². The fourth-order valence-electron chi connectivity index (χ4n) is 5.66. The number of hydrogen-bond acceptors (Lipinski definition) is 0. The quantitative estimate of drug-likeness (QED) is 0.393. The van der Waals surface area contributed by atoms with Crippen LogP contribution in [0.25, 0.3) is 0 Å². The first-order chi connectivity index (χ1) is 14.6. The molecule has 30 heavy (non-hydrogen) atoms. The van der Waals surface area contributed by atoms with Crippen LogP contribution in [0, 0.1) is 47.1 Å². The lowest BCUT2D eigenvalue weighted by Crippen LogP contribution is -2.15. The molecule has 2 aliphatic carbocycles. The zero-order chi connectivity index (χ0) is 21.3. The summed E-state index contributed by atoms with van der Waals surface area (Å²) in [5, 5.41) is 0. The fraction of sp³-hybridized carbons (Fsp3) is 0.714. The van der Waals surface area contributed by atoms with Crippen molar-refractivity contribution < 1.29 is 8.78 Å². The summed E-state index contributed by atoms with van der Waals surface area (Å²) in [6.07, 6.45) is 16.7. The smallest absolute Gasteiger partial charge is 0.142 e. The fourth-order valence-corrected chi connectivity index (χ4v) is 5.66. The summed E-state index contributed by atoms with van der Waals surface area (Å²) in [4.78, 5) is 0. The van der Waals surface area contributed by atoms with Crippen LogP contribution in [0.2, 0.25) is 0 Å². The van der Waals surface area contributed by atoms with Crippen molar-refractivity contribution in [3.63, 3.8) is 0 Å². The average molecular weight is 415 g/mol. The van der Waals surface area contributed by atoms with Crippen molar-refractivity contribution >= 4 is 0 Å². The predicted molar refractivity (Wildman–Crippen MR) is 122 cm³/mol. The van der Waals surface area contributed by atoms with E-state index in [2.05, 4.69) is 25.7 Å². The highest BCUT2D eigenvalue weighted by Crippen LogP contribution is 2.34. The van der Waals surface area contributed by atoms with Gasteiger partial charge in [0.25, 0.3) is 0 Å². The van der Waals surface area contributed by atoms with Gasteiger partial charge in [-0.25, -0.2) is 8.78 Å². The van der Waals surface area contributed by atoms with Crippen molar-refractivity contribution in [2.24, 2.45) is 23.7 Å². The highest BCUT2D eigenvalue weighted by Gasteiger charge is 2.21. The highest BCUT2D eigenvalue weighted by molar-refractivity contribution is 5.39. The molecule has 0 spiro atoms. The minimum Gasteiger partial charge on any atom is -0.206 e. The first-order valence-corrected chi connectivity index (χ1v) is 12.6. The van der Waals surface area contributed by atoms with E-state index in [0.717, 1.165) is 43.1 Å². The molecule has 0 bridgehead atoms. The van der Waals surface area contributed by atoms with E-state index in [1.807, 2.05) is 0 Å². The summed E-state index contributed by atoms with van der Waals surface area (Å²) >= 11 is 0. The average Bonchev–Trinajstić information content (AvgIpc) is 2.74. The van der Waals surface area contributed by atoms with Crippen molar-refractivity contribution in [3.05, 3.63) is 34.9 Å².